The van der Waals surface area contributed by atoms with Crippen molar-refractivity contribution in [2.75, 3.05) is 6.54 Å². The zero-order valence-corrected chi connectivity index (χ0v) is 12.4. The average Bonchev–Trinajstić information content (AvgIpc) is 2.29. The molecule has 1 aromatic carbocycles. The highest BCUT2D eigenvalue weighted by molar-refractivity contribution is 7.92. The van der Waals surface area contributed by atoms with Gasteiger partial charge in [0.25, 0.3) is 0 Å². The van der Waals surface area contributed by atoms with E-state index in [0.29, 0.717) is 11.4 Å². The van der Waals surface area contributed by atoms with Gasteiger partial charge in [-0.05, 0) is 49.9 Å². The third-order valence-electron chi connectivity index (χ3n) is 3.35. The average molecular weight is 269 g/mol. The van der Waals surface area contributed by atoms with Gasteiger partial charge in [0.05, 0.1) is 10.1 Å². The van der Waals surface area contributed by atoms with Crippen LogP contribution in [0, 0.1) is 0 Å². The summed E-state index contributed by atoms with van der Waals surface area (Å²) in [7, 11) is -3.18. The van der Waals surface area contributed by atoms with E-state index in [1.54, 1.807) is 26.0 Å². The molecule has 0 radical (unpaired) electrons. The summed E-state index contributed by atoms with van der Waals surface area (Å²) in [5, 5.41) is -0.389. The van der Waals surface area contributed by atoms with Crippen LogP contribution in [0.5, 0.6) is 0 Å². The lowest BCUT2D eigenvalue weighted by molar-refractivity contribution is 0.487. The van der Waals surface area contributed by atoms with Gasteiger partial charge in [-0.25, -0.2) is 8.42 Å². The van der Waals surface area contributed by atoms with Crippen LogP contribution in [0.15, 0.2) is 29.2 Å². The monoisotopic (exact) mass is 269 g/mol. The summed E-state index contributed by atoms with van der Waals surface area (Å²) < 4.78 is 24.0. The van der Waals surface area contributed by atoms with Crippen LogP contribution < -0.4 is 5.73 Å². The first-order chi connectivity index (χ1) is 8.21. The van der Waals surface area contributed by atoms with Crippen LogP contribution in [-0.4, -0.2) is 20.2 Å². The Kier molecular flexibility index (Phi) is 4.56. The Morgan fingerprint density at radius 3 is 2.06 bits per heavy atom. The second-order valence-electron chi connectivity index (χ2n) is 5.54. The molecule has 0 aliphatic carbocycles. The minimum Gasteiger partial charge on any atom is -0.330 e. The Balaban J connectivity index is 3.08. The molecule has 0 aliphatic rings. The summed E-state index contributed by atoms with van der Waals surface area (Å²) in [5.41, 5.74) is 6.70. The summed E-state index contributed by atoms with van der Waals surface area (Å²) in [6, 6.07) is 7.18. The van der Waals surface area contributed by atoms with Crippen LogP contribution in [0.3, 0.4) is 0 Å². The Morgan fingerprint density at radius 1 is 1.17 bits per heavy atom. The van der Waals surface area contributed by atoms with Crippen molar-refractivity contribution < 1.29 is 8.42 Å². The second-order valence-corrected chi connectivity index (χ2v) is 8.04. The van der Waals surface area contributed by atoms with Crippen molar-refractivity contribution in [1.29, 1.82) is 0 Å². The smallest absolute Gasteiger partial charge is 0.180 e. The zero-order valence-electron chi connectivity index (χ0n) is 11.6. The van der Waals surface area contributed by atoms with E-state index in [4.69, 9.17) is 5.73 Å². The van der Waals surface area contributed by atoms with Crippen molar-refractivity contribution in [1.82, 2.24) is 0 Å². The Hall–Kier alpha value is -0.870. The molecule has 0 saturated heterocycles. The number of hydrogen-bond acceptors (Lipinski definition) is 3. The minimum atomic E-state index is -3.18. The molecule has 0 fully saturated rings. The molecular weight excluding hydrogens is 246 g/mol. The lowest BCUT2D eigenvalue weighted by Gasteiger charge is -2.24. The third-order valence-corrected chi connectivity index (χ3v) is 5.52. The quantitative estimate of drug-likeness (QED) is 0.893. The van der Waals surface area contributed by atoms with Crippen LogP contribution in [0.25, 0.3) is 0 Å². The fraction of sp³-hybridized carbons (Fsp3) is 0.571. The maximum absolute atomic E-state index is 12.0. The first kappa shape index (κ1) is 15.2. The molecule has 1 aromatic rings. The van der Waals surface area contributed by atoms with Crippen LogP contribution in [0.4, 0.5) is 0 Å². The van der Waals surface area contributed by atoms with E-state index in [9.17, 15) is 8.42 Å². The molecule has 0 bridgehead atoms. The molecule has 0 aliphatic heterocycles. The van der Waals surface area contributed by atoms with Crippen molar-refractivity contribution in [3.63, 3.8) is 0 Å². The van der Waals surface area contributed by atoms with E-state index in [1.807, 2.05) is 12.1 Å². The number of nitrogens with two attached hydrogens (primary N) is 1. The Morgan fingerprint density at radius 2 is 1.67 bits per heavy atom. The van der Waals surface area contributed by atoms with Crippen molar-refractivity contribution >= 4 is 9.84 Å². The van der Waals surface area contributed by atoms with Gasteiger partial charge in [0, 0.05) is 0 Å². The van der Waals surface area contributed by atoms with Gasteiger partial charge in [-0.3, -0.25) is 0 Å². The number of hydrogen-bond donors (Lipinski definition) is 1. The van der Waals surface area contributed by atoms with Crippen LogP contribution in [0.1, 0.15) is 39.7 Å². The third kappa shape index (κ3) is 3.12. The highest BCUT2D eigenvalue weighted by Gasteiger charge is 2.22. The highest BCUT2D eigenvalue weighted by atomic mass is 32.2. The van der Waals surface area contributed by atoms with Gasteiger partial charge in [0.1, 0.15) is 0 Å². The van der Waals surface area contributed by atoms with Crippen LogP contribution in [-0.2, 0) is 15.3 Å². The maximum Gasteiger partial charge on any atom is 0.180 e. The van der Waals surface area contributed by atoms with Gasteiger partial charge in [-0.15, -0.1) is 0 Å². The number of sulfone groups is 1. The van der Waals surface area contributed by atoms with Gasteiger partial charge in [0.2, 0.25) is 0 Å². The predicted molar refractivity (Wildman–Crippen MR) is 75.5 cm³/mol. The van der Waals surface area contributed by atoms with Gasteiger partial charge >= 0.3 is 0 Å². The Labute approximate surface area is 110 Å². The summed E-state index contributed by atoms with van der Waals surface area (Å²) in [4.78, 5) is 0.393. The lowest BCUT2D eigenvalue weighted by atomic mass is 9.82. The van der Waals surface area contributed by atoms with Gasteiger partial charge < -0.3 is 5.73 Å². The number of benzene rings is 1. The van der Waals surface area contributed by atoms with Crippen molar-refractivity contribution in [3.8, 4) is 0 Å². The van der Waals surface area contributed by atoms with Crippen molar-refractivity contribution in [2.24, 2.45) is 5.73 Å². The molecule has 0 amide bonds. The summed E-state index contributed by atoms with van der Waals surface area (Å²) in [6.45, 7) is 8.25. The molecule has 0 heterocycles. The Bertz CT molecular complexity index is 487. The molecule has 18 heavy (non-hydrogen) atoms. The van der Waals surface area contributed by atoms with Gasteiger partial charge in [-0.2, -0.15) is 0 Å². The first-order valence-electron chi connectivity index (χ1n) is 6.26. The van der Waals surface area contributed by atoms with E-state index in [1.165, 1.54) is 0 Å². The molecule has 0 unspecified atom stereocenters. The SMILES string of the molecule is CC(C)S(=O)(=O)c1ccc(C(C)(C)CCN)cc1. The van der Waals surface area contributed by atoms with Gasteiger partial charge in [-0.1, -0.05) is 26.0 Å². The molecule has 0 saturated carbocycles. The van der Waals surface area contributed by atoms with E-state index >= 15 is 0 Å². The number of rotatable bonds is 5. The van der Waals surface area contributed by atoms with E-state index in [0.717, 1.165) is 12.0 Å². The summed E-state index contributed by atoms with van der Waals surface area (Å²) >= 11 is 0. The van der Waals surface area contributed by atoms with Crippen molar-refractivity contribution in [2.45, 2.75) is 49.7 Å². The maximum atomic E-state index is 12.0. The molecule has 1 rings (SSSR count). The highest BCUT2D eigenvalue weighted by Crippen LogP contribution is 2.27. The molecule has 0 spiro atoms. The van der Waals surface area contributed by atoms with E-state index < -0.39 is 9.84 Å². The largest absolute Gasteiger partial charge is 0.330 e. The van der Waals surface area contributed by atoms with E-state index in [2.05, 4.69) is 13.8 Å². The normalized spacial score (nSPS) is 13.0. The fourth-order valence-corrected chi connectivity index (χ4v) is 2.93. The standard InChI is InChI=1S/C14H23NO2S/c1-11(2)18(16,17)13-7-5-12(6-8-13)14(3,4)9-10-15/h5-8,11H,9-10,15H2,1-4H3. The topological polar surface area (TPSA) is 60.2 Å². The van der Waals surface area contributed by atoms with Crippen LogP contribution in [0.2, 0.25) is 0 Å². The molecule has 102 valence electrons. The molecule has 0 aromatic heterocycles. The predicted octanol–water partition coefficient (Wildman–Crippen LogP) is 2.50. The molecule has 0 atom stereocenters. The summed E-state index contributed by atoms with van der Waals surface area (Å²) in [5.74, 6) is 0. The zero-order chi connectivity index (χ0) is 14.0. The van der Waals surface area contributed by atoms with Crippen LogP contribution >= 0.6 is 0 Å². The minimum absolute atomic E-state index is 0.0190. The van der Waals surface area contributed by atoms with E-state index in [-0.39, 0.29) is 10.7 Å². The van der Waals surface area contributed by atoms with Crippen molar-refractivity contribution in [3.05, 3.63) is 29.8 Å². The molecule has 2 N–H and O–H groups in total. The fourth-order valence-electron chi connectivity index (χ4n) is 1.87. The molecule has 4 heteroatoms. The summed E-state index contributed by atoms with van der Waals surface area (Å²) in [6.07, 6.45) is 0.878. The van der Waals surface area contributed by atoms with Gasteiger partial charge in [0.15, 0.2) is 9.84 Å². The molecular formula is C14H23NO2S. The lowest BCUT2D eigenvalue weighted by Crippen LogP contribution is -2.22. The first-order valence-corrected chi connectivity index (χ1v) is 7.81. The molecule has 3 nitrogen and oxygen atoms in total. The second kappa shape index (κ2) is 5.41.